The normalized spacial score (nSPS) is 12.6. The van der Waals surface area contributed by atoms with Gasteiger partial charge in [-0.15, -0.1) is 0 Å². The molecule has 0 saturated heterocycles. The molecule has 1 N–H and O–H groups in total. The second kappa shape index (κ2) is 7.27. The summed E-state index contributed by atoms with van der Waals surface area (Å²) in [5, 5.41) is 14.2. The number of hydrogen-bond acceptors (Lipinski definition) is 3. The Labute approximate surface area is 126 Å². The molecule has 21 heavy (non-hydrogen) atoms. The van der Waals surface area contributed by atoms with Gasteiger partial charge in [0.15, 0.2) is 0 Å². The van der Waals surface area contributed by atoms with Gasteiger partial charge >= 0.3 is 0 Å². The number of benzene rings is 1. The highest BCUT2D eigenvalue weighted by Crippen LogP contribution is 2.22. The van der Waals surface area contributed by atoms with Crippen LogP contribution in [0.25, 0.3) is 0 Å². The number of hydrogen-bond donors (Lipinski definition) is 1. The van der Waals surface area contributed by atoms with Crippen LogP contribution in [-0.2, 0) is 12.8 Å². The standard InChI is InChI=1S/C17H24N2O2/c1-13(2)19-9-8-16(18-19)11-14(12-20)10-15-6-4-5-7-17(15)21-3/h4-9,13-14,20H,10-12H2,1-3H3. The molecule has 1 unspecified atom stereocenters. The van der Waals surface area contributed by atoms with Crippen molar-refractivity contribution in [2.75, 3.05) is 13.7 Å². The molecule has 1 atom stereocenters. The molecule has 4 nitrogen and oxygen atoms in total. The fourth-order valence-electron chi connectivity index (χ4n) is 2.45. The molecular formula is C17H24N2O2. The van der Waals surface area contributed by atoms with E-state index in [1.165, 1.54) is 0 Å². The summed E-state index contributed by atoms with van der Waals surface area (Å²) in [5.41, 5.74) is 2.15. The highest BCUT2D eigenvalue weighted by Gasteiger charge is 2.14. The Morgan fingerprint density at radius 3 is 2.57 bits per heavy atom. The summed E-state index contributed by atoms with van der Waals surface area (Å²) in [5.74, 6) is 1.03. The van der Waals surface area contributed by atoms with Crippen molar-refractivity contribution >= 4 is 0 Å². The van der Waals surface area contributed by atoms with Crippen LogP contribution in [0, 0.1) is 5.92 Å². The lowest BCUT2D eigenvalue weighted by molar-refractivity contribution is 0.223. The van der Waals surface area contributed by atoms with E-state index in [4.69, 9.17) is 4.74 Å². The van der Waals surface area contributed by atoms with Gasteiger partial charge in [-0.25, -0.2) is 0 Å². The van der Waals surface area contributed by atoms with E-state index in [-0.39, 0.29) is 12.5 Å². The van der Waals surface area contributed by atoms with Crippen LogP contribution in [0.4, 0.5) is 0 Å². The van der Waals surface area contributed by atoms with Crippen LogP contribution < -0.4 is 4.74 Å². The first-order valence-electron chi connectivity index (χ1n) is 7.40. The monoisotopic (exact) mass is 288 g/mol. The summed E-state index contributed by atoms with van der Waals surface area (Å²) in [6.45, 7) is 4.36. The van der Waals surface area contributed by atoms with Crippen molar-refractivity contribution in [1.82, 2.24) is 9.78 Å². The minimum atomic E-state index is 0.145. The number of aliphatic hydroxyl groups is 1. The molecule has 1 aromatic carbocycles. The maximum Gasteiger partial charge on any atom is 0.122 e. The number of aliphatic hydroxyl groups excluding tert-OH is 1. The summed E-state index contributed by atoms with van der Waals surface area (Å²) in [6, 6.07) is 10.4. The van der Waals surface area contributed by atoms with E-state index in [1.807, 2.05) is 41.2 Å². The first kappa shape index (κ1) is 15.6. The van der Waals surface area contributed by atoms with Crippen molar-refractivity contribution in [3.8, 4) is 5.75 Å². The number of nitrogens with zero attached hydrogens (tertiary/aromatic N) is 2. The molecule has 0 aliphatic carbocycles. The van der Waals surface area contributed by atoms with E-state index in [0.29, 0.717) is 6.04 Å². The number of aromatic nitrogens is 2. The van der Waals surface area contributed by atoms with E-state index in [1.54, 1.807) is 7.11 Å². The van der Waals surface area contributed by atoms with Crippen molar-refractivity contribution < 1.29 is 9.84 Å². The molecule has 0 radical (unpaired) electrons. The third kappa shape index (κ3) is 4.08. The van der Waals surface area contributed by atoms with Gasteiger partial charge in [0.05, 0.1) is 12.8 Å². The molecule has 2 aromatic rings. The fourth-order valence-corrected chi connectivity index (χ4v) is 2.45. The zero-order valence-electron chi connectivity index (χ0n) is 13.0. The second-order valence-corrected chi connectivity index (χ2v) is 5.65. The summed E-state index contributed by atoms with van der Waals surface area (Å²) in [7, 11) is 1.68. The topological polar surface area (TPSA) is 47.3 Å². The lowest BCUT2D eigenvalue weighted by Gasteiger charge is -2.15. The van der Waals surface area contributed by atoms with Gasteiger partial charge in [0.1, 0.15) is 5.75 Å². The summed E-state index contributed by atoms with van der Waals surface area (Å²) >= 11 is 0. The van der Waals surface area contributed by atoms with Gasteiger partial charge in [-0.05, 0) is 50.3 Å². The lowest BCUT2D eigenvalue weighted by Crippen LogP contribution is -2.14. The molecule has 0 amide bonds. The van der Waals surface area contributed by atoms with E-state index in [2.05, 4.69) is 18.9 Å². The van der Waals surface area contributed by atoms with Gasteiger partial charge in [-0.3, -0.25) is 4.68 Å². The molecule has 0 spiro atoms. The van der Waals surface area contributed by atoms with Gasteiger partial charge in [0, 0.05) is 18.8 Å². The van der Waals surface area contributed by atoms with Crippen LogP contribution in [0.3, 0.4) is 0 Å². The minimum absolute atomic E-state index is 0.145. The quantitative estimate of drug-likeness (QED) is 0.852. The maximum atomic E-state index is 9.65. The Bertz CT molecular complexity index is 563. The minimum Gasteiger partial charge on any atom is -0.496 e. The smallest absolute Gasteiger partial charge is 0.122 e. The molecule has 0 saturated carbocycles. The average Bonchev–Trinajstić information content (AvgIpc) is 2.96. The predicted octanol–water partition coefficient (Wildman–Crippen LogP) is 2.87. The van der Waals surface area contributed by atoms with Gasteiger partial charge in [0.25, 0.3) is 0 Å². The number of para-hydroxylation sites is 1. The highest BCUT2D eigenvalue weighted by molar-refractivity contribution is 5.33. The molecular weight excluding hydrogens is 264 g/mol. The van der Waals surface area contributed by atoms with Gasteiger partial charge in [0.2, 0.25) is 0 Å². The molecule has 4 heteroatoms. The molecule has 2 rings (SSSR count). The molecule has 0 aliphatic heterocycles. The van der Waals surface area contributed by atoms with E-state index < -0.39 is 0 Å². The van der Waals surface area contributed by atoms with Gasteiger partial charge in [-0.2, -0.15) is 5.10 Å². The van der Waals surface area contributed by atoms with Gasteiger partial charge in [-0.1, -0.05) is 18.2 Å². The zero-order valence-corrected chi connectivity index (χ0v) is 13.0. The molecule has 1 heterocycles. The molecule has 114 valence electrons. The van der Waals surface area contributed by atoms with Gasteiger partial charge < -0.3 is 9.84 Å². The number of ether oxygens (including phenoxy) is 1. The van der Waals surface area contributed by atoms with Crippen LogP contribution in [0.1, 0.15) is 31.1 Å². The lowest BCUT2D eigenvalue weighted by atomic mass is 9.95. The van der Waals surface area contributed by atoms with Crippen LogP contribution >= 0.6 is 0 Å². The third-order valence-corrected chi connectivity index (χ3v) is 3.65. The van der Waals surface area contributed by atoms with Crippen molar-refractivity contribution in [3.63, 3.8) is 0 Å². The van der Waals surface area contributed by atoms with Crippen molar-refractivity contribution in [2.24, 2.45) is 5.92 Å². The van der Waals surface area contributed by atoms with Crippen LogP contribution in [0.5, 0.6) is 5.75 Å². The Morgan fingerprint density at radius 2 is 1.95 bits per heavy atom. The molecule has 1 aromatic heterocycles. The van der Waals surface area contributed by atoms with Crippen LogP contribution in [0.15, 0.2) is 36.5 Å². The Balaban J connectivity index is 2.05. The first-order valence-corrected chi connectivity index (χ1v) is 7.40. The van der Waals surface area contributed by atoms with Crippen LogP contribution in [-0.4, -0.2) is 28.6 Å². The second-order valence-electron chi connectivity index (χ2n) is 5.65. The summed E-state index contributed by atoms with van der Waals surface area (Å²) < 4.78 is 7.33. The largest absolute Gasteiger partial charge is 0.496 e. The zero-order chi connectivity index (χ0) is 15.2. The molecule has 0 bridgehead atoms. The maximum absolute atomic E-state index is 9.65. The van der Waals surface area contributed by atoms with Crippen LogP contribution in [0.2, 0.25) is 0 Å². The Morgan fingerprint density at radius 1 is 1.19 bits per heavy atom. The summed E-state index contributed by atoms with van der Waals surface area (Å²) in [4.78, 5) is 0. The Hall–Kier alpha value is -1.81. The molecule has 0 aliphatic rings. The third-order valence-electron chi connectivity index (χ3n) is 3.65. The molecule has 0 fully saturated rings. The van der Waals surface area contributed by atoms with E-state index >= 15 is 0 Å². The fraction of sp³-hybridized carbons (Fsp3) is 0.471. The average molecular weight is 288 g/mol. The van der Waals surface area contributed by atoms with Crippen molar-refractivity contribution in [1.29, 1.82) is 0 Å². The predicted molar refractivity (Wildman–Crippen MR) is 83.6 cm³/mol. The number of rotatable bonds is 7. The Kier molecular flexibility index (Phi) is 5.39. The highest BCUT2D eigenvalue weighted by atomic mass is 16.5. The van der Waals surface area contributed by atoms with Crippen molar-refractivity contribution in [3.05, 3.63) is 47.8 Å². The number of methoxy groups -OCH3 is 1. The SMILES string of the molecule is COc1ccccc1CC(CO)Cc1ccn(C(C)C)n1. The van der Waals surface area contributed by atoms with Crippen molar-refractivity contribution in [2.45, 2.75) is 32.7 Å². The first-order chi connectivity index (χ1) is 10.1. The summed E-state index contributed by atoms with van der Waals surface area (Å²) in [6.07, 6.45) is 3.56. The van der Waals surface area contributed by atoms with E-state index in [9.17, 15) is 5.11 Å². The van der Waals surface area contributed by atoms with E-state index in [0.717, 1.165) is 29.8 Å².